The van der Waals surface area contributed by atoms with Crippen LogP contribution in [0.5, 0.6) is 5.75 Å². The van der Waals surface area contributed by atoms with Gasteiger partial charge >= 0.3 is 212 Å². The number of unbranched alkanes of at least 4 members (excludes halogenated alkanes) is 3. The van der Waals surface area contributed by atoms with Gasteiger partial charge in [-0.15, -0.1) is 0 Å². The third-order valence-electron chi connectivity index (χ3n) is 7.65. The first-order chi connectivity index (χ1) is 17.8. The van der Waals surface area contributed by atoms with Crippen LogP contribution in [-0.2, 0) is 0 Å². The summed E-state index contributed by atoms with van der Waals surface area (Å²) in [6, 6.07) is 14.3. The van der Waals surface area contributed by atoms with Gasteiger partial charge in [0.1, 0.15) is 0 Å². The minimum atomic E-state index is -2.32. The van der Waals surface area contributed by atoms with Crippen LogP contribution in [-0.4, -0.2) is 53.3 Å². The molecule has 5 heteroatoms. The van der Waals surface area contributed by atoms with Crippen molar-refractivity contribution in [2.24, 2.45) is 0 Å². The molecule has 204 valence electrons. The number of fused-ring (bicyclic) bond motifs is 3. The summed E-state index contributed by atoms with van der Waals surface area (Å²) in [6.45, 7) is 12.2. The van der Waals surface area contributed by atoms with E-state index in [0.717, 1.165) is 27.6 Å². The average molecular weight is 613 g/mol. The summed E-state index contributed by atoms with van der Waals surface area (Å²) in [6.07, 6.45) is 9.88. The third-order valence-corrected chi connectivity index (χ3v) is 21.7. The second-order valence-electron chi connectivity index (χ2n) is 11.4. The molecule has 0 aliphatic carbocycles. The summed E-state index contributed by atoms with van der Waals surface area (Å²) in [5.74, 6) is 0.815. The summed E-state index contributed by atoms with van der Waals surface area (Å²) >= 11 is -2.32. The van der Waals surface area contributed by atoms with Crippen LogP contribution in [0.1, 0.15) is 73.1 Å². The normalized spacial score (nSPS) is 13.7. The zero-order chi connectivity index (χ0) is 26.7. The van der Waals surface area contributed by atoms with E-state index in [-0.39, 0.29) is 12.1 Å². The Morgan fingerprint density at radius 2 is 1.54 bits per heavy atom. The number of nitrogens with one attached hydrogen (secondary N) is 2. The standard InChI is InChI=1S/C20H23N2O2.3C4H9.Sn/c1-4-20(2,3)21-12-14(23)13-24-18-11-7-10-17-19(18)15-8-5-6-9-16(15)22-17;3*1-3-4-2;/h1,4-11,14,21-23H,12-13H2,2-3H3;3*1,3-4H2,2H3;/t14-;;;;/m0..../s1. The van der Waals surface area contributed by atoms with Crippen LogP contribution in [0.25, 0.3) is 21.8 Å². The number of hydrogen-bond acceptors (Lipinski definition) is 3. The van der Waals surface area contributed by atoms with E-state index in [2.05, 4.69) is 73.3 Å². The molecule has 0 radical (unpaired) electrons. The number of H-pyrrole nitrogens is 1. The van der Waals surface area contributed by atoms with Gasteiger partial charge in [-0.25, -0.2) is 0 Å². The van der Waals surface area contributed by atoms with Gasteiger partial charge in [-0.05, 0) is 6.07 Å². The molecular formula is C32H50N2O2Sn. The van der Waals surface area contributed by atoms with Gasteiger partial charge in [0.15, 0.2) is 0 Å². The first-order valence-corrected chi connectivity index (χ1v) is 22.3. The number of hydrogen-bond donors (Lipinski definition) is 3. The number of aliphatic hydroxyl groups is 1. The number of aromatic amines is 1. The van der Waals surface area contributed by atoms with Crippen molar-refractivity contribution < 1.29 is 9.84 Å². The van der Waals surface area contributed by atoms with Gasteiger partial charge in [0.2, 0.25) is 0 Å². The van der Waals surface area contributed by atoms with Gasteiger partial charge in [0.25, 0.3) is 0 Å². The number of benzene rings is 2. The van der Waals surface area contributed by atoms with Gasteiger partial charge in [-0.1, -0.05) is 12.1 Å². The quantitative estimate of drug-likeness (QED) is 0.134. The Hall–Kier alpha value is -1.50. The van der Waals surface area contributed by atoms with E-state index < -0.39 is 24.5 Å². The van der Waals surface area contributed by atoms with E-state index in [4.69, 9.17) is 4.74 Å². The van der Waals surface area contributed by atoms with E-state index in [1.807, 2.05) is 24.3 Å². The molecule has 0 aliphatic rings. The van der Waals surface area contributed by atoms with Crippen LogP contribution < -0.4 is 10.1 Å². The molecule has 0 saturated carbocycles. The van der Waals surface area contributed by atoms with Crippen LogP contribution in [0.3, 0.4) is 0 Å². The first kappa shape index (κ1) is 30.0. The molecule has 3 rings (SSSR count). The van der Waals surface area contributed by atoms with Crippen molar-refractivity contribution in [3.8, 4) is 5.75 Å². The number of ether oxygens (including phenoxy) is 1. The monoisotopic (exact) mass is 614 g/mol. The summed E-state index contributed by atoms with van der Waals surface area (Å²) in [5, 5.41) is 16.6. The maximum absolute atomic E-state index is 10.8. The van der Waals surface area contributed by atoms with Crippen LogP contribution in [0.15, 0.2) is 52.6 Å². The van der Waals surface area contributed by atoms with Crippen molar-refractivity contribution in [1.82, 2.24) is 10.3 Å². The Labute approximate surface area is 229 Å². The molecule has 0 fully saturated rings. The fraction of sp³-hybridized carbons (Fsp3) is 0.562. The molecule has 0 aliphatic heterocycles. The van der Waals surface area contributed by atoms with Gasteiger partial charge in [-0.2, -0.15) is 0 Å². The molecule has 0 saturated heterocycles. The maximum atomic E-state index is 10.8. The molecule has 3 aromatic rings. The van der Waals surface area contributed by atoms with Crippen molar-refractivity contribution in [3.05, 3.63) is 52.6 Å². The van der Waals surface area contributed by atoms with Crippen molar-refractivity contribution in [2.75, 3.05) is 13.2 Å². The summed E-state index contributed by atoms with van der Waals surface area (Å²) in [7, 11) is 0. The van der Waals surface area contributed by atoms with Gasteiger partial charge < -0.3 is 0 Å². The number of β-amino-alcohol motifs (C(OH)–C–C–N with tert-alkyl or cyclic N) is 1. The Morgan fingerprint density at radius 3 is 2.19 bits per heavy atom. The van der Waals surface area contributed by atoms with Gasteiger partial charge in [-0.3, -0.25) is 0 Å². The number of para-hydroxylation sites is 1. The zero-order valence-electron chi connectivity index (χ0n) is 23.9. The second-order valence-corrected chi connectivity index (χ2v) is 24.4. The van der Waals surface area contributed by atoms with Gasteiger partial charge in [0, 0.05) is 0 Å². The predicted octanol–water partition coefficient (Wildman–Crippen LogP) is 8.37. The molecule has 0 spiro atoms. The molecule has 1 atom stereocenters. The molecule has 0 amide bonds. The van der Waals surface area contributed by atoms with E-state index in [1.165, 1.54) is 51.8 Å². The van der Waals surface area contributed by atoms with Crippen molar-refractivity contribution in [1.29, 1.82) is 0 Å². The van der Waals surface area contributed by atoms with E-state index in [1.54, 1.807) is 0 Å². The molecule has 37 heavy (non-hydrogen) atoms. The number of aromatic nitrogens is 1. The molecule has 1 heterocycles. The summed E-state index contributed by atoms with van der Waals surface area (Å²) < 4.78 is 13.3. The Balaban J connectivity index is 1.61. The molecule has 0 bridgehead atoms. The third kappa shape index (κ3) is 8.76. The van der Waals surface area contributed by atoms with Crippen LogP contribution in [0.2, 0.25) is 13.3 Å². The fourth-order valence-corrected chi connectivity index (χ4v) is 20.1. The molecule has 1 aromatic heterocycles. The van der Waals surface area contributed by atoms with Crippen molar-refractivity contribution in [3.63, 3.8) is 0 Å². The van der Waals surface area contributed by atoms with Crippen molar-refractivity contribution >= 4 is 40.2 Å². The zero-order valence-corrected chi connectivity index (χ0v) is 26.8. The summed E-state index contributed by atoms with van der Waals surface area (Å²) in [4.78, 5) is 3.46. The SMILES string of the molecule is CCC[CH2][Sn](/[CH]=C/C(C)(C)NC[C@H](O)COc1cccc2[nH]c3ccccc3c12)([CH2]CCC)[CH2]CCC. The van der Waals surface area contributed by atoms with Crippen LogP contribution >= 0.6 is 0 Å². The molecular weight excluding hydrogens is 563 g/mol. The average Bonchev–Trinajstić information content (AvgIpc) is 3.29. The Morgan fingerprint density at radius 1 is 0.919 bits per heavy atom. The summed E-state index contributed by atoms with van der Waals surface area (Å²) in [5.41, 5.74) is 2.01. The number of aliphatic hydroxyl groups excluding tert-OH is 1. The molecule has 3 N–H and O–H groups in total. The number of rotatable bonds is 17. The van der Waals surface area contributed by atoms with E-state index >= 15 is 0 Å². The molecule has 0 unspecified atom stereocenters. The second kappa shape index (κ2) is 14.6. The fourth-order valence-electron chi connectivity index (χ4n) is 5.27. The van der Waals surface area contributed by atoms with E-state index in [0.29, 0.717) is 6.54 Å². The Kier molecular flexibility index (Phi) is 11.9. The van der Waals surface area contributed by atoms with Gasteiger partial charge in [0.05, 0.1) is 0 Å². The van der Waals surface area contributed by atoms with Crippen LogP contribution in [0, 0.1) is 0 Å². The first-order valence-electron chi connectivity index (χ1n) is 14.6. The molecule has 4 nitrogen and oxygen atoms in total. The topological polar surface area (TPSA) is 57.3 Å². The van der Waals surface area contributed by atoms with E-state index in [9.17, 15) is 5.11 Å². The predicted molar refractivity (Wildman–Crippen MR) is 163 cm³/mol. The minimum absolute atomic E-state index is 0.148. The van der Waals surface area contributed by atoms with Crippen LogP contribution in [0.4, 0.5) is 0 Å². The van der Waals surface area contributed by atoms with Crippen molar-refractivity contribution in [2.45, 2.75) is 98.1 Å². The Bertz CT molecular complexity index is 1100. The molecule has 2 aromatic carbocycles.